The highest BCUT2D eigenvalue weighted by Crippen LogP contribution is 2.41. The fraction of sp³-hybridized carbons (Fsp3) is 0.389. The second-order valence-corrected chi connectivity index (χ2v) is 7.02. The van der Waals surface area contributed by atoms with Crippen molar-refractivity contribution in [3.8, 4) is 17.0 Å². The van der Waals surface area contributed by atoms with Gasteiger partial charge in [0.05, 0.1) is 10.9 Å². The van der Waals surface area contributed by atoms with E-state index in [-0.39, 0.29) is 16.7 Å². The molecular formula is C18H16F5N5O. The number of phenolic OH excluding ortho intramolecular Hbond substituents is 1. The van der Waals surface area contributed by atoms with Crippen molar-refractivity contribution in [1.82, 2.24) is 19.7 Å². The van der Waals surface area contributed by atoms with Gasteiger partial charge in [-0.15, -0.1) is 0 Å². The monoisotopic (exact) mass is 413 g/mol. The van der Waals surface area contributed by atoms with E-state index in [9.17, 15) is 27.1 Å². The molecule has 29 heavy (non-hydrogen) atoms. The van der Waals surface area contributed by atoms with Gasteiger partial charge in [0.15, 0.2) is 23.0 Å². The van der Waals surface area contributed by atoms with Crippen molar-refractivity contribution < 1.29 is 27.1 Å². The first-order valence-electron chi connectivity index (χ1n) is 8.80. The Morgan fingerprint density at radius 2 is 1.90 bits per heavy atom. The number of fused-ring (bicyclic) bond motifs is 1. The Hall–Kier alpha value is -2.98. The van der Waals surface area contributed by atoms with Gasteiger partial charge in [0.2, 0.25) is 5.95 Å². The second kappa shape index (κ2) is 6.53. The molecule has 0 saturated heterocycles. The topological polar surface area (TPSA) is 67.1 Å². The summed E-state index contributed by atoms with van der Waals surface area (Å²) in [6, 6.07) is 0.599. The van der Waals surface area contributed by atoms with Gasteiger partial charge in [-0.25, -0.2) is 18.4 Å². The zero-order valence-corrected chi connectivity index (χ0v) is 15.4. The Kier molecular flexibility index (Phi) is 4.35. The van der Waals surface area contributed by atoms with Gasteiger partial charge in [-0.1, -0.05) is 0 Å². The number of hydrogen-bond donors (Lipinski definition) is 1. The highest BCUT2D eigenvalue weighted by molar-refractivity contribution is 5.91. The number of alkyl halides is 3. The van der Waals surface area contributed by atoms with Crippen molar-refractivity contribution in [2.75, 3.05) is 11.9 Å². The number of nitrogens with zero attached hydrogens (tertiary/aromatic N) is 5. The van der Waals surface area contributed by atoms with Crippen molar-refractivity contribution in [1.29, 1.82) is 0 Å². The molecule has 6 nitrogen and oxygen atoms in total. The van der Waals surface area contributed by atoms with Gasteiger partial charge in [0, 0.05) is 31.9 Å². The molecule has 0 aliphatic heterocycles. The van der Waals surface area contributed by atoms with Crippen molar-refractivity contribution >= 4 is 17.0 Å². The van der Waals surface area contributed by atoms with Crippen LogP contribution >= 0.6 is 0 Å². The molecule has 0 bridgehead atoms. The fourth-order valence-electron chi connectivity index (χ4n) is 3.34. The van der Waals surface area contributed by atoms with E-state index in [4.69, 9.17) is 0 Å². The highest BCUT2D eigenvalue weighted by atomic mass is 19.4. The number of anilines is 1. The summed E-state index contributed by atoms with van der Waals surface area (Å²) in [6.07, 6.45) is -0.655. The summed E-state index contributed by atoms with van der Waals surface area (Å²) in [4.78, 5) is 10.5. The first-order chi connectivity index (χ1) is 13.6. The smallest absolute Gasteiger partial charge is 0.419 e. The zero-order chi connectivity index (χ0) is 21.1. The number of benzene rings is 1. The standard InChI is InChI=1S/C18H16F5N5O/c1-27(8-4-3-5-8)17-24-7-10-14(26-28(2)16(10)25-17)9-6-11(18(21,22)23)13(20)15(29)12(9)19/h6-8,29H,3-5H2,1-2H3. The molecule has 0 atom stereocenters. The maximum absolute atomic E-state index is 14.5. The highest BCUT2D eigenvalue weighted by Gasteiger charge is 2.38. The van der Waals surface area contributed by atoms with Gasteiger partial charge in [-0.05, 0) is 25.3 Å². The minimum absolute atomic E-state index is 0.177. The third-order valence-electron chi connectivity index (χ3n) is 5.24. The van der Waals surface area contributed by atoms with Gasteiger partial charge < -0.3 is 10.0 Å². The molecule has 1 saturated carbocycles. The first-order valence-corrected chi connectivity index (χ1v) is 8.80. The lowest BCUT2D eigenvalue weighted by Gasteiger charge is -2.34. The van der Waals surface area contributed by atoms with Crippen LogP contribution in [0.4, 0.5) is 27.9 Å². The Bertz CT molecular complexity index is 1110. The predicted octanol–water partition coefficient (Wildman–Crippen LogP) is 4.02. The van der Waals surface area contributed by atoms with Crippen LogP contribution in [0.2, 0.25) is 0 Å². The third-order valence-corrected chi connectivity index (χ3v) is 5.24. The molecule has 1 fully saturated rings. The largest absolute Gasteiger partial charge is 0.503 e. The van der Waals surface area contributed by atoms with Crippen molar-refractivity contribution in [3.05, 3.63) is 29.5 Å². The van der Waals surface area contributed by atoms with Crippen LogP contribution in [0.5, 0.6) is 5.75 Å². The predicted molar refractivity (Wildman–Crippen MR) is 94.4 cm³/mol. The fourth-order valence-corrected chi connectivity index (χ4v) is 3.34. The number of aryl methyl sites for hydroxylation is 1. The molecule has 2 aromatic heterocycles. The number of aromatic nitrogens is 4. The minimum Gasteiger partial charge on any atom is -0.503 e. The Balaban J connectivity index is 1.88. The lowest BCUT2D eigenvalue weighted by molar-refractivity contribution is -0.140. The van der Waals surface area contributed by atoms with E-state index in [1.807, 2.05) is 11.9 Å². The van der Waals surface area contributed by atoms with E-state index in [0.29, 0.717) is 18.1 Å². The average molecular weight is 413 g/mol. The molecule has 3 aromatic rings. The van der Waals surface area contributed by atoms with Crippen LogP contribution in [0, 0.1) is 11.6 Å². The molecule has 2 heterocycles. The normalized spacial score (nSPS) is 15.0. The molecule has 0 spiro atoms. The molecule has 0 unspecified atom stereocenters. The van der Waals surface area contributed by atoms with E-state index in [1.165, 1.54) is 17.9 Å². The van der Waals surface area contributed by atoms with Crippen LogP contribution < -0.4 is 4.90 Å². The van der Waals surface area contributed by atoms with Gasteiger partial charge in [0.25, 0.3) is 0 Å². The van der Waals surface area contributed by atoms with Crippen LogP contribution in [0.1, 0.15) is 24.8 Å². The maximum Gasteiger partial charge on any atom is 0.419 e. The summed E-state index contributed by atoms with van der Waals surface area (Å²) in [5.41, 5.74) is -2.43. The average Bonchev–Trinajstić information content (AvgIpc) is 2.93. The van der Waals surface area contributed by atoms with Gasteiger partial charge in [0.1, 0.15) is 5.69 Å². The molecule has 0 amide bonds. The quantitative estimate of drug-likeness (QED) is 0.657. The van der Waals surface area contributed by atoms with E-state index >= 15 is 0 Å². The van der Waals surface area contributed by atoms with Gasteiger partial charge >= 0.3 is 6.18 Å². The van der Waals surface area contributed by atoms with E-state index < -0.39 is 34.7 Å². The molecule has 1 N–H and O–H groups in total. The van der Waals surface area contributed by atoms with Crippen LogP contribution in [0.15, 0.2) is 12.3 Å². The van der Waals surface area contributed by atoms with Crippen molar-refractivity contribution in [2.24, 2.45) is 7.05 Å². The summed E-state index contributed by atoms with van der Waals surface area (Å²) in [6.45, 7) is 0. The van der Waals surface area contributed by atoms with Gasteiger partial charge in [-0.3, -0.25) is 0 Å². The van der Waals surface area contributed by atoms with Crippen molar-refractivity contribution in [3.63, 3.8) is 0 Å². The molecule has 1 aromatic carbocycles. The van der Waals surface area contributed by atoms with Crippen LogP contribution in [0.3, 0.4) is 0 Å². The SMILES string of the molecule is CN(c1ncc2c(-c3cc(C(F)(F)F)c(F)c(O)c3F)nn(C)c2n1)C1CCC1. The van der Waals surface area contributed by atoms with Gasteiger partial charge in [-0.2, -0.15) is 23.3 Å². The van der Waals surface area contributed by atoms with E-state index in [2.05, 4.69) is 15.1 Å². The molecule has 0 radical (unpaired) electrons. The number of phenols is 1. The summed E-state index contributed by atoms with van der Waals surface area (Å²) < 4.78 is 68.8. The lowest BCUT2D eigenvalue weighted by Crippen LogP contribution is -2.38. The molecule has 4 rings (SSSR count). The zero-order valence-electron chi connectivity index (χ0n) is 15.4. The van der Waals surface area contributed by atoms with Crippen LogP contribution in [0.25, 0.3) is 22.3 Å². The number of hydrogen-bond acceptors (Lipinski definition) is 5. The Labute approximate surface area is 161 Å². The summed E-state index contributed by atoms with van der Waals surface area (Å²) in [5, 5.41) is 13.8. The summed E-state index contributed by atoms with van der Waals surface area (Å²) >= 11 is 0. The molecule has 1 aliphatic rings. The Morgan fingerprint density at radius 3 is 2.48 bits per heavy atom. The summed E-state index contributed by atoms with van der Waals surface area (Å²) in [5.74, 6) is -4.91. The minimum atomic E-state index is -5.12. The van der Waals surface area contributed by atoms with Crippen LogP contribution in [-0.2, 0) is 13.2 Å². The molecule has 11 heteroatoms. The van der Waals surface area contributed by atoms with E-state index in [0.717, 1.165) is 19.3 Å². The van der Waals surface area contributed by atoms with E-state index in [1.54, 1.807) is 0 Å². The molecule has 154 valence electrons. The molecule has 1 aliphatic carbocycles. The third kappa shape index (κ3) is 3.04. The second-order valence-electron chi connectivity index (χ2n) is 7.02. The Morgan fingerprint density at radius 1 is 1.21 bits per heavy atom. The van der Waals surface area contributed by atoms with Crippen LogP contribution in [-0.4, -0.2) is 37.9 Å². The number of aromatic hydroxyl groups is 1. The lowest BCUT2D eigenvalue weighted by atomic mass is 9.92. The van der Waals surface area contributed by atoms with Crippen molar-refractivity contribution in [2.45, 2.75) is 31.5 Å². The number of halogens is 5. The first kappa shape index (κ1) is 19.3. The summed E-state index contributed by atoms with van der Waals surface area (Å²) in [7, 11) is 3.34. The maximum atomic E-state index is 14.5. The number of rotatable bonds is 3. The molecular weight excluding hydrogens is 397 g/mol.